The van der Waals surface area contributed by atoms with Crippen LogP contribution in [0.3, 0.4) is 0 Å². The third-order valence-corrected chi connectivity index (χ3v) is 5.47. The molecule has 1 aliphatic rings. The second-order valence-electron chi connectivity index (χ2n) is 7.56. The van der Waals surface area contributed by atoms with Crippen LogP contribution < -0.4 is 0 Å². The summed E-state index contributed by atoms with van der Waals surface area (Å²) in [6.07, 6.45) is 18.0. The summed E-state index contributed by atoms with van der Waals surface area (Å²) in [5.41, 5.74) is 0. The predicted octanol–water partition coefficient (Wildman–Crippen LogP) is 5.49. The Bertz CT molecular complexity index is 450. The van der Waals surface area contributed by atoms with E-state index in [1.54, 1.807) is 0 Å². The Hall–Kier alpha value is -1.16. The maximum Gasteiger partial charge on any atom is 0.263 e. The zero-order chi connectivity index (χ0) is 17.7. The molecule has 0 atom stereocenters. The third kappa shape index (κ3) is 8.17. The van der Waals surface area contributed by atoms with Crippen LogP contribution in [0.4, 0.5) is 0 Å². The first-order valence-corrected chi connectivity index (χ1v) is 10.4. The molecule has 2 rings (SSSR count). The largest absolute Gasteiger partial charge is 0.442 e. The number of ketones is 1. The van der Waals surface area contributed by atoms with Crippen molar-refractivity contribution in [3.05, 3.63) is 18.4 Å². The van der Waals surface area contributed by atoms with Gasteiger partial charge in [-0.1, -0.05) is 45.4 Å². The highest BCUT2D eigenvalue weighted by Gasteiger charge is 2.19. The van der Waals surface area contributed by atoms with Crippen molar-refractivity contribution in [1.29, 1.82) is 0 Å². The fourth-order valence-corrected chi connectivity index (χ4v) is 3.81. The van der Waals surface area contributed by atoms with Crippen molar-refractivity contribution in [1.82, 2.24) is 9.88 Å². The number of hydrogen-bond acceptors (Lipinski definition) is 4. The van der Waals surface area contributed by atoms with Crippen molar-refractivity contribution in [2.75, 3.05) is 19.6 Å². The number of nitrogens with zero attached hydrogens (tertiary/aromatic N) is 2. The molecule has 1 fully saturated rings. The van der Waals surface area contributed by atoms with Gasteiger partial charge in [0.05, 0.1) is 6.20 Å². The number of aromatic nitrogens is 1. The normalized spacial score (nSPS) is 16.4. The minimum atomic E-state index is 0.0429. The zero-order valence-corrected chi connectivity index (χ0v) is 16.0. The number of carbonyl (C=O) groups is 1. The second-order valence-corrected chi connectivity index (χ2v) is 7.56. The van der Waals surface area contributed by atoms with Gasteiger partial charge >= 0.3 is 0 Å². The Balaban J connectivity index is 1.45. The molecule has 0 radical (unpaired) electrons. The van der Waals surface area contributed by atoms with Gasteiger partial charge in [-0.05, 0) is 57.7 Å². The van der Waals surface area contributed by atoms with Gasteiger partial charge in [0.25, 0.3) is 5.89 Å². The summed E-state index contributed by atoms with van der Waals surface area (Å²) >= 11 is 0. The first kappa shape index (κ1) is 20.2. The molecule has 0 amide bonds. The molecule has 0 aromatic carbocycles. The Labute approximate surface area is 153 Å². The van der Waals surface area contributed by atoms with Crippen LogP contribution in [0.2, 0.25) is 0 Å². The molecule has 0 unspecified atom stereocenters. The van der Waals surface area contributed by atoms with Crippen LogP contribution in [0.5, 0.6) is 0 Å². The van der Waals surface area contributed by atoms with Crippen molar-refractivity contribution in [3.8, 4) is 0 Å². The highest BCUT2D eigenvalue weighted by Crippen LogP contribution is 2.23. The minimum Gasteiger partial charge on any atom is -0.442 e. The topological polar surface area (TPSA) is 46.3 Å². The van der Waals surface area contributed by atoms with Gasteiger partial charge < -0.3 is 9.32 Å². The molecule has 0 aliphatic carbocycles. The Morgan fingerprint density at radius 2 is 1.84 bits per heavy atom. The number of likely N-dealkylation sites (tertiary alicyclic amines) is 1. The van der Waals surface area contributed by atoms with Crippen molar-refractivity contribution in [2.45, 2.75) is 84.0 Å². The van der Waals surface area contributed by atoms with Crippen LogP contribution in [0, 0.1) is 5.92 Å². The number of rotatable bonds is 13. The first-order chi connectivity index (χ1) is 12.3. The van der Waals surface area contributed by atoms with Gasteiger partial charge in [-0.2, -0.15) is 0 Å². The Morgan fingerprint density at radius 3 is 2.52 bits per heavy atom. The Kier molecular flexibility index (Phi) is 9.86. The summed E-state index contributed by atoms with van der Waals surface area (Å²) in [4.78, 5) is 18.4. The summed E-state index contributed by atoms with van der Waals surface area (Å²) in [5, 5.41) is 0. The van der Waals surface area contributed by atoms with Crippen LogP contribution in [0.15, 0.2) is 16.9 Å². The van der Waals surface area contributed by atoms with E-state index in [9.17, 15) is 4.79 Å². The fraction of sp³-hybridized carbons (Fsp3) is 0.810. The molecule has 0 spiro atoms. The van der Waals surface area contributed by atoms with Gasteiger partial charge in [0.15, 0.2) is 0 Å². The van der Waals surface area contributed by atoms with E-state index in [2.05, 4.69) is 16.8 Å². The van der Waals surface area contributed by atoms with Gasteiger partial charge in [0.1, 0.15) is 6.26 Å². The summed E-state index contributed by atoms with van der Waals surface area (Å²) < 4.78 is 5.06. The third-order valence-electron chi connectivity index (χ3n) is 5.47. The summed E-state index contributed by atoms with van der Waals surface area (Å²) in [5.74, 6) is 1.11. The average molecular weight is 349 g/mol. The predicted molar refractivity (Wildman–Crippen MR) is 102 cm³/mol. The van der Waals surface area contributed by atoms with Crippen molar-refractivity contribution in [3.63, 3.8) is 0 Å². The lowest BCUT2D eigenvalue weighted by molar-refractivity contribution is 0.0940. The molecule has 25 heavy (non-hydrogen) atoms. The number of hydrogen-bond donors (Lipinski definition) is 0. The summed E-state index contributed by atoms with van der Waals surface area (Å²) in [6, 6.07) is 0. The van der Waals surface area contributed by atoms with E-state index in [-0.39, 0.29) is 11.7 Å². The van der Waals surface area contributed by atoms with Gasteiger partial charge in [-0.15, -0.1) is 0 Å². The van der Waals surface area contributed by atoms with E-state index >= 15 is 0 Å². The zero-order valence-electron chi connectivity index (χ0n) is 16.0. The van der Waals surface area contributed by atoms with E-state index in [0.29, 0.717) is 6.42 Å². The fourth-order valence-electron chi connectivity index (χ4n) is 3.81. The lowest BCUT2D eigenvalue weighted by Gasteiger charge is -2.32. The maximum absolute atomic E-state index is 11.9. The Morgan fingerprint density at radius 1 is 1.12 bits per heavy atom. The molecule has 1 aromatic rings. The van der Waals surface area contributed by atoms with Crippen LogP contribution in [0.25, 0.3) is 0 Å². The molecule has 142 valence electrons. The van der Waals surface area contributed by atoms with E-state index in [1.165, 1.54) is 89.9 Å². The minimum absolute atomic E-state index is 0.0429. The van der Waals surface area contributed by atoms with Crippen molar-refractivity contribution < 1.29 is 9.21 Å². The maximum atomic E-state index is 11.9. The van der Waals surface area contributed by atoms with Crippen molar-refractivity contribution in [2.24, 2.45) is 5.92 Å². The molecule has 0 saturated carbocycles. The highest BCUT2D eigenvalue weighted by molar-refractivity contribution is 5.91. The molecular weight excluding hydrogens is 312 g/mol. The van der Waals surface area contributed by atoms with Crippen molar-refractivity contribution >= 4 is 5.78 Å². The SMILES string of the molecule is CCCCCCCCCN1CCC(CCCC(=O)c2ncco2)CC1. The van der Waals surface area contributed by atoms with Crippen LogP contribution in [-0.2, 0) is 0 Å². The molecular formula is C21H36N2O2. The molecule has 4 heteroatoms. The molecule has 0 N–H and O–H groups in total. The number of piperidine rings is 1. The van der Waals surface area contributed by atoms with Gasteiger partial charge in [-0.3, -0.25) is 4.79 Å². The number of oxazole rings is 1. The lowest BCUT2D eigenvalue weighted by Crippen LogP contribution is -2.34. The number of Topliss-reactive ketones (excluding diaryl/α,β-unsaturated/α-hetero) is 1. The molecule has 1 aromatic heterocycles. The summed E-state index contributed by atoms with van der Waals surface area (Å²) in [7, 11) is 0. The molecule has 0 bridgehead atoms. The number of carbonyl (C=O) groups excluding carboxylic acids is 1. The average Bonchev–Trinajstić information content (AvgIpc) is 3.17. The smallest absolute Gasteiger partial charge is 0.263 e. The van der Waals surface area contributed by atoms with E-state index < -0.39 is 0 Å². The van der Waals surface area contributed by atoms with Gasteiger partial charge in [-0.25, -0.2) is 4.98 Å². The van der Waals surface area contributed by atoms with E-state index in [1.807, 2.05) is 0 Å². The monoisotopic (exact) mass is 348 g/mol. The first-order valence-electron chi connectivity index (χ1n) is 10.4. The van der Waals surface area contributed by atoms with E-state index in [0.717, 1.165) is 18.8 Å². The van der Waals surface area contributed by atoms with Gasteiger partial charge in [0, 0.05) is 6.42 Å². The van der Waals surface area contributed by atoms with Gasteiger partial charge in [0.2, 0.25) is 5.78 Å². The van der Waals surface area contributed by atoms with Crippen LogP contribution in [0.1, 0.15) is 94.7 Å². The van der Waals surface area contributed by atoms with E-state index in [4.69, 9.17) is 4.42 Å². The molecule has 4 nitrogen and oxygen atoms in total. The highest BCUT2D eigenvalue weighted by atomic mass is 16.3. The quantitative estimate of drug-likeness (QED) is 0.349. The summed E-state index contributed by atoms with van der Waals surface area (Å²) in [6.45, 7) is 6.04. The number of unbranched alkanes of at least 4 members (excludes halogenated alkanes) is 6. The molecule has 1 saturated heterocycles. The molecule has 1 aliphatic heterocycles. The molecule has 2 heterocycles. The van der Waals surface area contributed by atoms with Crippen LogP contribution in [-0.4, -0.2) is 35.3 Å². The lowest BCUT2D eigenvalue weighted by atomic mass is 9.91. The second kappa shape index (κ2) is 12.2. The van der Waals surface area contributed by atoms with Crippen LogP contribution >= 0.6 is 0 Å². The standard InChI is InChI=1S/C21H36N2O2/c1-2-3-4-5-6-7-8-15-23-16-12-19(13-17-23)10-9-11-20(24)21-22-14-18-25-21/h14,18-19H,2-13,15-17H2,1H3.